The summed E-state index contributed by atoms with van der Waals surface area (Å²) in [4.78, 5) is 24.2. The second-order valence-electron chi connectivity index (χ2n) is 4.93. The van der Waals surface area contributed by atoms with Crippen molar-refractivity contribution in [3.8, 4) is 11.5 Å². The largest absolute Gasteiger partial charge is 0.497 e. The normalized spacial score (nSPS) is 10.1. The van der Waals surface area contributed by atoms with Crippen molar-refractivity contribution in [2.24, 2.45) is 0 Å². The van der Waals surface area contributed by atoms with Crippen molar-refractivity contribution in [3.63, 3.8) is 0 Å². The Morgan fingerprint density at radius 3 is 2.08 bits per heavy atom. The van der Waals surface area contributed by atoms with E-state index in [0.29, 0.717) is 32.8 Å². The number of rotatable bonds is 6. The number of hydrogen-bond acceptors (Lipinski definition) is 4. The van der Waals surface area contributed by atoms with Crippen molar-refractivity contribution in [1.82, 2.24) is 5.32 Å². The zero-order valence-electron chi connectivity index (χ0n) is 13.6. The number of para-hydroxylation sites is 1. The van der Waals surface area contributed by atoms with E-state index < -0.39 is 11.8 Å². The predicted octanol–water partition coefficient (Wildman–Crippen LogP) is 3.38. The Balaban J connectivity index is 2.01. The van der Waals surface area contributed by atoms with Gasteiger partial charge in [0.2, 0.25) is 5.91 Å². The zero-order valence-corrected chi connectivity index (χ0v) is 15.1. The number of anilines is 1. The Kier molecular flexibility index (Phi) is 6.50. The minimum atomic E-state index is -0.460. The SMILES string of the molecule is COc1cc(OC)cc(C(=O)NCC(=O)Nc2c(Cl)cccc2Cl)c1. The molecular formula is C17H16Cl2N2O4. The molecule has 2 aromatic carbocycles. The van der Waals surface area contributed by atoms with E-state index >= 15 is 0 Å². The first-order valence-electron chi connectivity index (χ1n) is 7.19. The lowest BCUT2D eigenvalue weighted by molar-refractivity contribution is -0.115. The third-order valence-electron chi connectivity index (χ3n) is 3.25. The Morgan fingerprint density at radius 1 is 1.00 bits per heavy atom. The number of ether oxygens (including phenoxy) is 2. The van der Waals surface area contributed by atoms with Crippen LogP contribution >= 0.6 is 23.2 Å². The molecule has 25 heavy (non-hydrogen) atoms. The topological polar surface area (TPSA) is 76.7 Å². The maximum atomic E-state index is 12.2. The molecule has 0 aromatic heterocycles. The lowest BCUT2D eigenvalue weighted by Crippen LogP contribution is -2.33. The first-order chi connectivity index (χ1) is 11.9. The average molecular weight is 383 g/mol. The summed E-state index contributed by atoms with van der Waals surface area (Å²) in [7, 11) is 2.97. The molecule has 132 valence electrons. The Labute approximate surface area is 155 Å². The summed E-state index contributed by atoms with van der Waals surface area (Å²) in [6.07, 6.45) is 0. The number of carbonyl (C=O) groups is 2. The van der Waals surface area contributed by atoms with Gasteiger partial charge in [-0.05, 0) is 24.3 Å². The molecule has 0 fully saturated rings. The molecule has 0 atom stereocenters. The van der Waals surface area contributed by atoms with Crippen LogP contribution in [0.15, 0.2) is 36.4 Å². The summed E-state index contributed by atoms with van der Waals surface area (Å²) in [5.41, 5.74) is 0.605. The van der Waals surface area contributed by atoms with Gasteiger partial charge in [0.05, 0.1) is 36.5 Å². The third-order valence-corrected chi connectivity index (χ3v) is 3.88. The molecule has 6 nitrogen and oxygen atoms in total. The molecule has 0 aliphatic carbocycles. The summed E-state index contributed by atoms with van der Waals surface area (Å²) in [6.45, 7) is -0.250. The summed E-state index contributed by atoms with van der Waals surface area (Å²) < 4.78 is 10.2. The molecule has 0 bridgehead atoms. The van der Waals surface area contributed by atoms with Gasteiger partial charge in [0, 0.05) is 11.6 Å². The molecular weight excluding hydrogens is 367 g/mol. The minimum absolute atomic E-state index is 0.250. The lowest BCUT2D eigenvalue weighted by atomic mass is 10.2. The van der Waals surface area contributed by atoms with Gasteiger partial charge in [-0.25, -0.2) is 0 Å². The number of benzene rings is 2. The van der Waals surface area contributed by atoms with Crippen molar-refractivity contribution in [1.29, 1.82) is 0 Å². The molecule has 2 aromatic rings. The fraction of sp³-hybridized carbons (Fsp3) is 0.176. The fourth-order valence-electron chi connectivity index (χ4n) is 2.00. The molecule has 0 aliphatic rings. The van der Waals surface area contributed by atoms with Gasteiger partial charge < -0.3 is 20.1 Å². The maximum absolute atomic E-state index is 12.2. The highest BCUT2D eigenvalue weighted by Crippen LogP contribution is 2.29. The summed E-state index contributed by atoms with van der Waals surface area (Å²) in [5.74, 6) is 0.0319. The highest BCUT2D eigenvalue weighted by Gasteiger charge is 2.13. The molecule has 0 spiro atoms. The molecule has 2 amide bonds. The summed E-state index contributed by atoms with van der Waals surface area (Å²) in [5, 5.41) is 5.70. The van der Waals surface area contributed by atoms with E-state index in [1.165, 1.54) is 14.2 Å². The number of nitrogens with one attached hydrogen (secondary N) is 2. The highest BCUT2D eigenvalue weighted by molar-refractivity contribution is 6.39. The van der Waals surface area contributed by atoms with Crippen molar-refractivity contribution in [2.75, 3.05) is 26.1 Å². The van der Waals surface area contributed by atoms with E-state index in [1.807, 2.05) is 0 Å². The van der Waals surface area contributed by atoms with Gasteiger partial charge in [-0.1, -0.05) is 29.3 Å². The zero-order chi connectivity index (χ0) is 18.4. The van der Waals surface area contributed by atoms with Crippen LogP contribution in [0.3, 0.4) is 0 Å². The average Bonchev–Trinajstić information content (AvgIpc) is 2.62. The second-order valence-corrected chi connectivity index (χ2v) is 5.74. The molecule has 2 rings (SSSR count). The monoisotopic (exact) mass is 382 g/mol. The van der Waals surface area contributed by atoms with Gasteiger partial charge in [-0.15, -0.1) is 0 Å². The lowest BCUT2D eigenvalue weighted by Gasteiger charge is -2.11. The number of amides is 2. The predicted molar refractivity (Wildman–Crippen MR) is 97.0 cm³/mol. The molecule has 0 radical (unpaired) electrons. The quantitative estimate of drug-likeness (QED) is 0.802. The summed E-state index contributed by atoms with van der Waals surface area (Å²) in [6, 6.07) is 9.59. The van der Waals surface area contributed by atoms with Crippen LogP contribution in [0.4, 0.5) is 5.69 Å². The second kappa shape index (κ2) is 8.60. The van der Waals surface area contributed by atoms with Gasteiger partial charge in [0.1, 0.15) is 11.5 Å². The van der Waals surface area contributed by atoms with Crippen molar-refractivity contribution >= 4 is 40.7 Å². The van der Waals surface area contributed by atoms with Crippen LogP contribution in [0.2, 0.25) is 10.0 Å². The van der Waals surface area contributed by atoms with E-state index in [-0.39, 0.29) is 6.54 Å². The van der Waals surface area contributed by atoms with Crippen LogP contribution in [-0.2, 0) is 4.79 Å². The Hall–Kier alpha value is -2.44. The minimum Gasteiger partial charge on any atom is -0.497 e. The molecule has 0 heterocycles. The highest BCUT2D eigenvalue weighted by atomic mass is 35.5. The van der Waals surface area contributed by atoms with E-state index in [1.54, 1.807) is 36.4 Å². The smallest absolute Gasteiger partial charge is 0.251 e. The molecule has 2 N–H and O–H groups in total. The van der Waals surface area contributed by atoms with Crippen molar-refractivity contribution in [2.45, 2.75) is 0 Å². The van der Waals surface area contributed by atoms with Crippen LogP contribution in [0.5, 0.6) is 11.5 Å². The van der Waals surface area contributed by atoms with Crippen LogP contribution < -0.4 is 20.1 Å². The standard InChI is InChI=1S/C17H16Cl2N2O4/c1-24-11-6-10(7-12(8-11)25-2)17(23)20-9-15(22)21-16-13(18)4-3-5-14(16)19/h3-8H,9H2,1-2H3,(H,20,23)(H,21,22). The maximum Gasteiger partial charge on any atom is 0.251 e. The molecule has 8 heteroatoms. The number of carbonyl (C=O) groups excluding carboxylic acids is 2. The van der Waals surface area contributed by atoms with Crippen LogP contribution in [0.25, 0.3) is 0 Å². The molecule has 0 saturated heterocycles. The number of methoxy groups -OCH3 is 2. The molecule has 0 unspecified atom stereocenters. The van der Waals surface area contributed by atoms with Crippen molar-refractivity contribution in [3.05, 3.63) is 52.0 Å². The third kappa shape index (κ3) is 5.01. The van der Waals surface area contributed by atoms with Crippen molar-refractivity contribution < 1.29 is 19.1 Å². The molecule has 0 aliphatic heterocycles. The first-order valence-corrected chi connectivity index (χ1v) is 7.95. The van der Waals surface area contributed by atoms with E-state index in [2.05, 4.69) is 10.6 Å². The van der Waals surface area contributed by atoms with Gasteiger partial charge in [0.25, 0.3) is 5.91 Å². The summed E-state index contributed by atoms with van der Waals surface area (Å²) >= 11 is 12.0. The van der Waals surface area contributed by atoms with Crippen LogP contribution in [0, 0.1) is 0 Å². The Morgan fingerprint density at radius 2 is 1.56 bits per heavy atom. The Bertz CT molecular complexity index is 754. The fourth-order valence-corrected chi connectivity index (χ4v) is 2.49. The number of hydrogen-bond donors (Lipinski definition) is 2. The van der Waals surface area contributed by atoms with E-state index in [0.717, 1.165) is 0 Å². The van der Waals surface area contributed by atoms with Gasteiger partial charge in [0.15, 0.2) is 0 Å². The number of halogens is 2. The van der Waals surface area contributed by atoms with Gasteiger partial charge in [-0.2, -0.15) is 0 Å². The van der Waals surface area contributed by atoms with Crippen LogP contribution in [-0.4, -0.2) is 32.6 Å². The van der Waals surface area contributed by atoms with Crippen LogP contribution in [0.1, 0.15) is 10.4 Å². The van der Waals surface area contributed by atoms with Gasteiger partial charge in [-0.3, -0.25) is 9.59 Å². The van der Waals surface area contributed by atoms with E-state index in [9.17, 15) is 9.59 Å². The first kappa shape index (κ1) is 18.9. The van der Waals surface area contributed by atoms with Gasteiger partial charge >= 0.3 is 0 Å². The van der Waals surface area contributed by atoms with E-state index in [4.69, 9.17) is 32.7 Å². The molecule has 0 saturated carbocycles.